The quantitative estimate of drug-likeness (QED) is 0.909. The molecule has 0 spiro atoms. The van der Waals surface area contributed by atoms with E-state index in [0.717, 1.165) is 24.2 Å². The number of hydrogen-bond acceptors (Lipinski definition) is 2. The predicted octanol–water partition coefficient (Wildman–Crippen LogP) is 2.97. The van der Waals surface area contributed by atoms with Gasteiger partial charge < -0.3 is 10.3 Å². The van der Waals surface area contributed by atoms with E-state index in [0.29, 0.717) is 5.02 Å². The molecule has 1 heterocycles. The Morgan fingerprint density at radius 3 is 2.65 bits per heavy atom. The van der Waals surface area contributed by atoms with E-state index in [-0.39, 0.29) is 17.4 Å². The molecule has 1 aromatic heterocycles. The van der Waals surface area contributed by atoms with E-state index in [1.54, 1.807) is 12.4 Å². The Balaban J connectivity index is 1.75. The van der Waals surface area contributed by atoms with E-state index in [2.05, 4.69) is 15.3 Å². The molecule has 1 aromatic carbocycles. The highest BCUT2D eigenvalue weighted by molar-refractivity contribution is 6.30. The number of imidazole rings is 1. The molecule has 1 unspecified atom stereocenters. The van der Waals surface area contributed by atoms with Crippen LogP contribution in [0.25, 0.3) is 0 Å². The fourth-order valence-corrected chi connectivity index (χ4v) is 2.58. The summed E-state index contributed by atoms with van der Waals surface area (Å²) in [6.45, 7) is 1.93. The molecule has 2 N–H and O–H groups in total. The number of amides is 1. The lowest BCUT2D eigenvalue weighted by molar-refractivity contribution is -0.124. The van der Waals surface area contributed by atoms with Crippen LogP contribution in [0.5, 0.6) is 0 Å². The molecular formula is C15H16ClN3O. The molecule has 0 radical (unpaired) electrons. The second kappa shape index (κ2) is 4.94. The molecule has 1 aliphatic rings. The van der Waals surface area contributed by atoms with Crippen LogP contribution in [-0.2, 0) is 10.2 Å². The molecule has 0 saturated heterocycles. The Morgan fingerprint density at radius 1 is 1.40 bits per heavy atom. The highest BCUT2D eigenvalue weighted by Crippen LogP contribution is 2.48. The van der Waals surface area contributed by atoms with Crippen molar-refractivity contribution >= 4 is 17.5 Å². The van der Waals surface area contributed by atoms with Crippen LogP contribution in [0.3, 0.4) is 0 Å². The maximum absolute atomic E-state index is 12.5. The first kappa shape index (κ1) is 13.2. The predicted molar refractivity (Wildman–Crippen MR) is 77.5 cm³/mol. The maximum atomic E-state index is 12.5. The van der Waals surface area contributed by atoms with Gasteiger partial charge in [0.15, 0.2) is 0 Å². The average molecular weight is 290 g/mol. The number of hydrogen-bond donors (Lipinski definition) is 2. The molecule has 2 aromatic rings. The van der Waals surface area contributed by atoms with Crippen molar-refractivity contribution in [1.29, 1.82) is 0 Å². The van der Waals surface area contributed by atoms with Crippen molar-refractivity contribution in [2.24, 2.45) is 0 Å². The third-order valence-corrected chi connectivity index (χ3v) is 4.11. The van der Waals surface area contributed by atoms with Crippen LogP contribution in [-0.4, -0.2) is 15.9 Å². The molecule has 0 bridgehead atoms. The molecule has 20 heavy (non-hydrogen) atoms. The largest absolute Gasteiger partial charge is 0.347 e. The van der Waals surface area contributed by atoms with Gasteiger partial charge in [0.25, 0.3) is 0 Å². The van der Waals surface area contributed by atoms with Crippen LogP contribution in [0.2, 0.25) is 5.02 Å². The Kier molecular flexibility index (Phi) is 3.26. The normalized spacial score (nSPS) is 17.5. The van der Waals surface area contributed by atoms with Gasteiger partial charge in [-0.25, -0.2) is 4.98 Å². The standard InChI is InChI=1S/C15H16ClN3O/c1-10(13-17-8-9-18-13)19-14(20)15(6-7-15)11-2-4-12(16)5-3-11/h2-5,8-10H,6-7H2,1H3,(H,17,18)(H,19,20). The second-order valence-corrected chi connectivity index (χ2v) is 5.70. The van der Waals surface area contributed by atoms with Crippen LogP contribution < -0.4 is 5.32 Å². The average Bonchev–Trinajstić information content (AvgIpc) is 3.06. The van der Waals surface area contributed by atoms with E-state index in [9.17, 15) is 4.79 Å². The zero-order valence-electron chi connectivity index (χ0n) is 11.2. The summed E-state index contributed by atoms with van der Waals surface area (Å²) in [5, 5.41) is 3.72. The minimum absolute atomic E-state index is 0.0590. The van der Waals surface area contributed by atoms with Crippen molar-refractivity contribution in [2.45, 2.75) is 31.2 Å². The van der Waals surface area contributed by atoms with Gasteiger partial charge in [0, 0.05) is 17.4 Å². The van der Waals surface area contributed by atoms with Gasteiger partial charge in [-0.3, -0.25) is 4.79 Å². The molecule has 1 aliphatic carbocycles. The Labute approximate surface area is 122 Å². The van der Waals surface area contributed by atoms with Crippen molar-refractivity contribution in [3.8, 4) is 0 Å². The van der Waals surface area contributed by atoms with E-state index in [1.807, 2.05) is 31.2 Å². The third kappa shape index (κ3) is 2.31. The number of aromatic nitrogens is 2. The summed E-state index contributed by atoms with van der Waals surface area (Å²) in [6.07, 6.45) is 5.20. The number of halogens is 1. The summed E-state index contributed by atoms with van der Waals surface area (Å²) in [6, 6.07) is 7.42. The first-order chi connectivity index (χ1) is 9.62. The Bertz CT molecular complexity index is 603. The van der Waals surface area contributed by atoms with E-state index in [1.165, 1.54) is 0 Å². The van der Waals surface area contributed by atoms with Crippen molar-refractivity contribution in [3.63, 3.8) is 0 Å². The lowest BCUT2D eigenvalue weighted by Crippen LogP contribution is -2.36. The van der Waals surface area contributed by atoms with E-state index < -0.39 is 0 Å². The Hall–Kier alpha value is -1.81. The van der Waals surface area contributed by atoms with Gasteiger partial charge in [0.1, 0.15) is 5.82 Å². The topological polar surface area (TPSA) is 57.8 Å². The van der Waals surface area contributed by atoms with Gasteiger partial charge in [0.05, 0.1) is 11.5 Å². The molecule has 1 fully saturated rings. The van der Waals surface area contributed by atoms with Crippen LogP contribution >= 0.6 is 11.6 Å². The number of nitrogens with zero attached hydrogens (tertiary/aromatic N) is 1. The molecule has 0 aliphatic heterocycles. The number of rotatable bonds is 4. The van der Waals surface area contributed by atoms with Crippen LogP contribution in [0.15, 0.2) is 36.7 Å². The van der Waals surface area contributed by atoms with Crippen molar-refractivity contribution in [3.05, 3.63) is 53.1 Å². The van der Waals surface area contributed by atoms with Crippen LogP contribution in [0.1, 0.15) is 37.2 Å². The fraction of sp³-hybridized carbons (Fsp3) is 0.333. The van der Waals surface area contributed by atoms with Crippen molar-refractivity contribution in [2.75, 3.05) is 0 Å². The Morgan fingerprint density at radius 2 is 2.10 bits per heavy atom. The lowest BCUT2D eigenvalue weighted by Gasteiger charge is -2.19. The third-order valence-electron chi connectivity index (χ3n) is 3.86. The smallest absolute Gasteiger partial charge is 0.231 e. The van der Waals surface area contributed by atoms with Crippen molar-refractivity contribution in [1.82, 2.24) is 15.3 Å². The van der Waals surface area contributed by atoms with E-state index >= 15 is 0 Å². The first-order valence-corrected chi connectivity index (χ1v) is 7.06. The minimum atomic E-state index is -0.383. The summed E-state index contributed by atoms with van der Waals surface area (Å²) in [7, 11) is 0. The molecule has 5 heteroatoms. The lowest BCUT2D eigenvalue weighted by atomic mass is 9.94. The maximum Gasteiger partial charge on any atom is 0.231 e. The molecule has 1 saturated carbocycles. The number of benzene rings is 1. The molecule has 4 nitrogen and oxygen atoms in total. The molecule has 104 valence electrons. The number of aromatic amines is 1. The van der Waals surface area contributed by atoms with Gasteiger partial charge in [-0.1, -0.05) is 23.7 Å². The molecule has 1 amide bonds. The summed E-state index contributed by atoms with van der Waals surface area (Å²) in [5.74, 6) is 0.828. The van der Waals surface area contributed by atoms with Crippen molar-refractivity contribution < 1.29 is 4.79 Å². The summed E-state index contributed by atoms with van der Waals surface area (Å²) in [4.78, 5) is 19.7. The second-order valence-electron chi connectivity index (χ2n) is 5.26. The van der Waals surface area contributed by atoms with Crippen LogP contribution in [0.4, 0.5) is 0 Å². The zero-order valence-corrected chi connectivity index (χ0v) is 11.9. The van der Waals surface area contributed by atoms with Gasteiger partial charge in [-0.15, -0.1) is 0 Å². The van der Waals surface area contributed by atoms with Gasteiger partial charge in [-0.05, 0) is 37.5 Å². The van der Waals surface area contributed by atoms with E-state index in [4.69, 9.17) is 11.6 Å². The van der Waals surface area contributed by atoms with Crippen LogP contribution in [0, 0.1) is 0 Å². The highest BCUT2D eigenvalue weighted by atomic mass is 35.5. The number of carbonyl (C=O) groups excluding carboxylic acids is 1. The fourth-order valence-electron chi connectivity index (χ4n) is 2.46. The molecular weight excluding hydrogens is 274 g/mol. The summed E-state index contributed by atoms with van der Waals surface area (Å²) < 4.78 is 0. The number of carbonyl (C=O) groups is 1. The monoisotopic (exact) mass is 289 g/mol. The first-order valence-electron chi connectivity index (χ1n) is 6.68. The van der Waals surface area contributed by atoms with Gasteiger partial charge >= 0.3 is 0 Å². The number of H-pyrrole nitrogens is 1. The summed E-state index contributed by atoms with van der Waals surface area (Å²) in [5.41, 5.74) is 0.650. The molecule has 1 atom stereocenters. The minimum Gasteiger partial charge on any atom is -0.347 e. The highest BCUT2D eigenvalue weighted by Gasteiger charge is 2.51. The zero-order chi connectivity index (χ0) is 14.2. The molecule has 3 rings (SSSR count). The van der Waals surface area contributed by atoms with Gasteiger partial charge in [-0.2, -0.15) is 0 Å². The number of nitrogens with one attached hydrogen (secondary N) is 2. The SMILES string of the molecule is CC(NC(=O)C1(c2ccc(Cl)cc2)CC1)c1ncc[nH]1. The van der Waals surface area contributed by atoms with Gasteiger partial charge in [0.2, 0.25) is 5.91 Å². The summed E-state index contributed by atoms with van der Waals surface area (Å²) >= 11 is 5.90.